The van der Waals surface area contributed by atoms with Crippen molar-refractivity contribution in [2.75, 3.05) is 18.5 Å². The van der Waals surface area contributed by atoms with Gasteiger partial charge in [0.1, 0.15) is 45.4 Å². The van der Waals surface area contributed by atoms with Crippen LogP contribution < -0.4 is 31.2 Å². The minimum absolute atomic E-state index is 0.167. The summed E-state index contributed by atoms with van der Waals surface area (Å²) < 4.78 is 138. The van der Waals surface area contributed by atoms with E-state index in [1.807, 2.05) is 0 Å². The van der Waals surface area contributed by atoms with Gasteiger partial charge in [-0.25, -0.2) is 28.3 Å². The van der Waals surface area contributed by atoms with Crippen LogP contribution in [0.1, 0.15) is 146 Å². The molecule has 6 fully saturated rings. The van der Waals surface area contributed by atoms with Crippen LogP contribution in [0.4, 0.5) is 40.3 Å². The number of hydrogen-bond donors (Lipinski definition) is 4. The second-order valence-corrected chi connectivity index (χ2v) is 27.3. The smallest absolute Gasteiger partial charge is 0.462 e. The number of alkyl halides is 6. The summed E-state index contributed by atoms with van der Waals surface area (Å²) >= 11 is 5.78. The Morgan fingerprint density at radius 3 is 1.49 bits per heavy atom. The van der Waals surface area contributed by atoms with E-state index in [1.54, 1.807) is 50.2 Å². The first-order chi connectivity index (χ1) is 43.7. The zero-order valence-corrected chi connectivity index (χ0v) is 52.6. The maximum atomic E-state index is 14.8. The number of nitrogens with zero attached hydrogens (tertiary/aromatic N) is 4. The molecule has 4 atom stereocenters. The van der Waals surface area contributed by atoms with Crippen LogP contribution in [0.2, 0.25) is 0 Å². The van der Waals surface area contributed by atoms with Crippen LogP contribution in [-0.2, 0) is 22.6 Å². The van der Waals surface area contributed by atoms with Crippen molar-refractivity contribution in [3.05, 3.63) is 122 Å². The molecule has 0 spiro atoms. The van der Waals surface area contributed by atoms with Gasteiger partial charge in [-0.3, -0.25) is 0 Å². The minimum Gasteiger partial charge on any atom is -0.462 e. The molecule has 4 bridgehead atoms. The Balaban J connectivity index is 0.000000149. The van der Waals surface area contributed by atoms with E-state index in [-0.39, 0.29) is 70.4 Å². The van der Waals surface area contributed by atoms with Crippen LogP contribution in [-0.4, -0.2) is 82.3 Å². The SMILES string of the molecule is CCOC(=O)c1cc(F)c2nc(Br)sc2c1.CCOC(=O)c1cc(F)c2nc(NC3C4CCC3CC(NCc3c(-c5ccccc5OC(F)(F)F)noc3C3CC3)C4)sc2c1.NC1C2CCC1CC(NCc1c(-c3ccccc3OC(F)(F)F)noc1C1CC1)C2. The maximum Gasteiger partial charge on any atom is 0.573 e. The zero-order chi connectivity index (χ0) is 63.9. The van der Waals surface area contributed by atoms with E-state index in [9.17, 15) is 44.7 Å². The largest absolute Gasteiger partial charge is 0.573 e. The topological polar surface area (TPSA) is 211 Å². The molecule has 0 radical (unpaired) electrons. The van der Waals surface area contributed by atoms with Gasteiger partial charge in [0.05, 0.1) is 33.7 Å². The molecule has 4 unspecified atom stereocenters. The van der Waals surface area contributed by atoms with Crippen molar-refractivity contribution >= 4 is 76.1 Å². The summed E-state index contributed by atoms with van der Waals surface area (Å²) in [5.74, 6) is 1.20. The summed E-state index contributed by atoms with van der Waals surface area (Å²) in [7, 11) is 0. The quantitative estimate of drug-likeness (QED) is 0.0465. The summed E-state index contributed by atoms with van der Waals surface area (Å²) in [6.07, 6.45) is 2.78. The Hall–Kier alpha value is -6.78. The van der Waals surface area contributed by atoms with Crippen molar-refractivity contribution in [1.29, 1.82) is 0 Å². The number of ether oxygens (including phenoxy) is 4. The third-order valence-electron chi connectivity index (χ3n) is 17.9. The molecule has 0 aliphatic heterocycles. The highest BCUT2D eigenvalue weighted by Crippen LogP contribution is 2.49. The standard InChI is InChI=1S/C32H32F4N4O4S.C22H26F3N3O2.C10H7BrFNO2S/c1-2-42-30(41)19-13-23(33)28-25(14-19)45-31(39-28)38-26-17-9-10-18(26)12-20(11-17)37-15-22-27(40-44-29(22)16-7-8-16)21-5-3-4-6-24(21)43-32(34,35)36;23-22(24,25)29-18-4-2-1-3-16(18)20-17(21(30-28-20)12-5-6-12)11-27-15-9-13-7-8-14(10-15)19(13)26;1-2-15-9(14)5-3-6(12)8-7(4-5)16-10(11)13-8/h3-6,13-14,16-18,20,26,37H,2,7-12,15H2,1H3,(H,38,39);1-4,12-15,19,27H,5-11,26H2;3-4H,2H2,1H3. The van der Waals surface area contributed by atoms with E-state index < -0.39 is 36.3 Å². The highest BCUT2D eigenvalue weighted by atomic mass is 79.9. The van der Waals surface area contributed by atoms with Gasteiger partial charge in [-0.1, -0.05) is 45.9 Å². The molecule has 16 nitrogen and oxygen atoms in total. The van der Waals surface area contributed by atoms with Crippen LogP contribution in [0, 0.1) is 35.3 Å². The van der Waals surface area contributed by atoms with E-state index in [1.165, 1.54) is 65.8 Å². The van der Waals surface area contributed by atoms with Gasteiger partial charge in [0, 0.05) is 71.3 Å². The van der Waals surface area contributed by atoms with Gasteiger partial charge in [-0.05, 0) is 179 Å². The Kier molecular flexibility index (Phi) is 19.1. The molecule has 0 amide bonds. The predicted molar refractivity (Wildman–Crippen MR) is 328 cm³/mol. The van der Waals surface area contributed by atoms with Crippen LogP contribution in [0.15, 0.2) is 85.8 Å². The average Bonchev–Trinajstić information content (AvgIpc) is 1.70. The number of aromatic nitrogens is 4. The second kappa shape index (κ2) is 27.0. The van der Waals surface area contributed by atoms with Crippen LogP contribution >= 0.6 is 38.6 Å². The normalized spacial score (nSPS) is 22.7. The molecule has 6 saturated carbocycles. The molecule has 4 aromatic heterocycles. The van der Waals surface area contributed by atoms with Gasteiger partial charge < -0.3 is 49.7 Å². The Morgan fingerprint density at radius 1 is 0.615 bits per heavy atom. The molecule has 91 heavy (non-hydrogen) atoms. The molecule has 4 heterocycles. The van der Waals surface area contributed by atoms with Crippen molar-refractivity contribution in [1.82, 2.24) is 30.9 Å². The van der Waals surface area contributed by atoms with Crippen molar-refractivity contribution in [3.63, 3.8) is 0 Å². The molecule has 484 valence electrons. The number of para-hydroxylation sites is 2. The third-order valence-corrected chi connectivity index (χ3v) is 20.2. The van der Waals surface area contributed by atoms with E-state index in [0.717, 1.165) is 92.9 Å². The number of hydrogen-bond acceptors (Lipinski definition) is 18. The first kappa shape index (κ1) is 64.3. The van der Waals surface area contributed by atoms with E-state index in [4.69, 9.17) is 24.3 Å². The molecule has 0 saturated heterocycles. The van der Waals surface area contributed by atoms with Crippen LogP contribution in [0.3, 0.4) is 0 Å². The molecule has 14 rings (SSSR count). The lowest BCUT2D eigenvalue weighted by atomic mass is 9.81. The number of nitrogens with one attached hydrogen (secondary N) is 3. The molecule has 6 aliphatic rings. The number of anilines is 1. The number of halogens is 9. The molecule has 27 heteroatoms. The van der Waals surface area contributed by atoms with Crippen LogP contribution in [0.5, 0.6) is 11.5 Å². The van der Waals surface area contributed by atoms with Crippen molar-refractivity contribution < 1.29 is 72.7 Å². The maximum absolute atomic E-state index is 14.8. The molecular weight excluding hydrogens is 1300 g/mol. The second-order valence-electron chi connectivity index (χ2n) is 24.0. The van der Waals surface area contributed by atoms with Gasteiger partial charge in [0.25, 0.3) is 0 Å². The number of thiazole rings is 2. The summed E-state index contributed by atoms with van der Waals surface area (Å²) in [5.41, 5.74) is 10.2. The Bertz CT molecular complexity index is 3900. The summed E-state index contributed by atoms with van der Waals surface area (Å²) in [6, 6.07) is 18.7. The van der Waals surface area contributed by atoms with Gasteiger partial charge in [-0.15, -0.1) is 37.7 Å². The number of esters is 2. The summed E-state index contributed by atoms with van der Waals surface area (Å²) in [5, 5.41) is 19.9. The lowest BCUT2D eigenvalue weighted by Gasteiger charge is -2.36. The van der Waals surface area contributed by atoms with Gasteiger partial charge >= 0.3 is 24.7 Å². The van der Waals surface area contributed by atoms with E-state index >= 15 is 0 Å². The monoisotopic (exact) mass is 1370 g/mol. The highest BCUT2D eigenvalue weighted by molar-refractivity contribution is 9.11. The van der Waals surface area contributed by atoms with Gasteiger partial charge in [-0.2, -0.15) is 0 Å². The minimum atomic E-state index is -4.82. The van der Waals surface area contributed by atoms with Crippen molar-refractivity contribution in [2.24, 2.45) is 29.4 Å². The van der Waals surface area contributed by atoms with Crippen LogP contribution in [0.25, 0.3) is 42.9 Å². The molecule has 8 aromatic rings. The Morgan fingerprint density at radius 2 is 1.04 bits per heavy atom. The molecule has 5 N–H and O–H groups in total. The number of fused-ring (bicyclic) bond motifs is 6. The number of benzene rings is 4. The Labute approximate surface area is 533 Å². The first-order valence-corrected chi connectivity index (χ1v) is 33.0. The lowest BCUT2D eigenvalue weighted by Crippen LogP contribution is -2.44. The fraction of sp³-hybridized carbons (Fsp3) is 0.469. The average molecular weight is 1370 g/mol. The van der Waals surface area contributed by atoms with Crippen molar-refractivity contribution in [3.8, 4) is 34.0 Å². The summed E-state index contributed by atoms with van der Waals surface area (Å²) in [6.45, 7) is 4.83. The van der Waals surface area contributed by atoms with Gasteiger partial charge in [0.2, 0.25) is 0 Å². The summed E-state index contributed by atoms with van der Waals surface area (Å²) in [4.78, 5) is 32.0. The molecule has 6 aliphatic carbocycles. The lowest BCUT2D eigenvalue weighted by molar-refractivity contribution is -0.275. The first-order valence-electron chi connectivity index (χ1n) is 30.5. The molecule has 4 aromatic carbocycles. The fourth-order valence-electron chi connectivity index (χ4n) is 13.5. The number of nitrogens with two attached hydrogens (primary N) is 1. The third kappa shape index (κ3) is 15.0. The van der Waals surface area contributed by atoms with E-state index in [2.05, 4.69) is 61.6 Å². The molecular formula is C64H65BrF8N8O8S2. The van der Waals surface area contributed by atoms with Crippen molar-refractivity contribution in [2.45, 2.75) is 153 Å². The number of carbonyl (C=O) groups excluding carboxylic acids is 2. The highest BCUT2D eigenvalue weighted by Gasteiger charge is 2.45. The number of rotatable bonds is 18. The van der Waals surface area contributed by atoms with E-state index in [0.29, 0.717) is 90.2 Å². The predicted octanol–water partition coefficient (Wildman–Crippen LogP) is 15.9. The fourth-order valence-corrected chi connectivity index (χ4v) is 15.9. The zero-order valence-electron chi connectivity index (χ0n) is 49.4. The van der Waals surface area contributed by atoms with Gasteiger partial charge in [0.15, 0.2) is 20.7 Å². The number of carbonyl (C=O) groups is 2.